The van der Waals surface area contributed by atoms with E-state index in [4.69, 9.17) is 11.2 Å². The van der Waals surface area contributed by atoms with E-state index in [0.717, 1.165) is 6.42 Å². The van der Waals surface area contributed by atoms with E-state index in [1.807, 2.05) is 0 Å². The summed E-state index contributed by atoms with van der Waals surface area (Å²) in [6.45, 7) is 0.637. The zero-order valence-corrected chi connectivity index (χ0v) is 9.18. The van der Waals surface area contributed by atoms with Gasteiger partial charge in [0.05, 0.1) is 26.1 Å². The van der Waals surface area contributed by atoms with Gasteiger partial charge >= 0.3 is 5.97 Å². The Morgan fingerprint density at radius 3 is 3.19 bits per heavy atom. The molecular formula is C11H14N2O3. The molecule has 0 atom stereocenters. The van der Waals surface area contributed by atoms with Crippen molar-refractivity contribution in [1.29, 1.82) is 0 Å². The van der Waals surface area contributed by atoms with Gasteiger partial charge < -0.3 is 9.47 Å². The molecular weight excluding hydrogens is 208 g/mol. The first-order valence-electron chi connectivity index (χ1n) is 4.92. The van der Waals surface area contributed by atoms with Crippen LogP contribution in [0.4, 0.5) is 0 Å². The van der Waals surface area contributed by atoms with E-state index in [-0.39, 0.29) is 12.5 Å². The zero-order chi connectivity index (χ0) is 11.8. The van der Waals surface area contributed by atoms with E-state index in [2.05, 4.69) is 15.8 Å². The number of rotatable bonds is 6. The maximum atomic E-state index is 10.9. The number of nitrogens with zero attached hydrogens (tertiary/aromatic N) is 2. The average molecular weight is 222 g/mol. The predicted octanol–water partition coefficient (Wildman–Crippen LogP) is 0.848. The van der Waals surface area contributed by atoms with E-state index in [0.29, 0.717) is 18.8 Å². The Balaban J connectivity index is 2.34. The minimum absolute atomic E-state index is 0.0875. The highest BCUT2D eigenvalue weighted by molar-refractivity contribution is 5.68. The second-order valence-corrected chi connectivity index (χ2v) is 3.11. The Hall–Kier alpha value is -1.96. The van der Waals surface area contributed by atoms with E-state index in [1.165, 1.54) is 11.8 Å². The molecule has 1 aromatic rings. The summed E-state index contributed by atoms with van der Waals surface area (Å²) in [5.41, 5.74) is 0. The number of aromatic nitrogens is 2. The first-order chi connectivity index (χ1) is 7.76. The Labute approximate surface area is 94.3 Å². The monoisotopic (exact) mass is 222 g/mol. The number of esters is 1. The van der Waals surface area contributed by atoms with Gasteiger partial charge in [-0.15, -0.1) is 12.3 Å². The average Bonchev–Trinajstić information content (AvgIpc) is 2.72. The number of carbonyl (C=O) groups excluding carboxylic acids is 1. The van der Waals surface area contributed by atoms with Gasteiger partial charge in [0.25, 0.3) is 0 Å². The van der Waals surface area contributed by atoms with Crippen molar-refractivity contribution in [2.75, 3.05) is 13.7 Å². The summed E-state index contributed by atoms with van der Waals surface area (Å²) < 4.78 is 11.3. The molecule has 0 aliphatic carbocycles. The summed E-state index contributed by atoms with van der Waals surface area (Å²) in [6, 6.07) is 0. The van der Waals surface area contributed by atoms with E-state index < -0.39 is 0 Å². The van der Waals surface area contributed by atoms with Crippen LogP contribution >= 0.6 is 0 Å². The highest BCUT2D eigenvalue weighted by Crippen LogP contribution is 2.08. The minimum atomic E-state index is -0.345. The molecule has 0 fully saturated rings. The fourth-order valence-corrected chi connectivity index (χ4v) is 1.07. The number of hydrogen-bond donors (Lipinski definition) is 0. The van der Waals surface area contributed by atoms with Crippen LogP contribution < -0.4 is 4.74 Å². The van der Waals surface area contributed by atoms with Crippen molar-refractivity contribution in [3.63, 3.8) is 0 Å². The molecule has 0 spiro atoms. The Morgan fingerprint density at radius 1 is 1.69 bits per heavy atom. The van der Waals surface area contributed by atoms with E-state index in [1.54, 1.807) is 12.4 Å². The number of carbonyl (C=O) groups is 1. The summed E-state index contributed by atoms with van der Waals surface area (Å²) in [5.74, 6) is 2.81. The third-order valence-corrected chi connectivity index (χ3v) is 1.86. The normalized spacial score (nSPS) is 9.50. The van der Waals surface area contributed by atoms with Crippen LogP contribution in [0.15, 0.2) is 12.4 Å². The molecule has 0 saturated carbocycles. The molecule has 0 bridgehead atoms. The lowest BCUT2D eigenvalue weighted by molar-refractivity contribution is -0.141. The minimum Gasteiger partial charge on any atom is -0.490 e. The van der Waals surface area contributed by atoms with Crippen LogP contribution in [0.1, 0.15) is 12.8 Å². The Bertz CT molecular complexity index is 379. The summed E-state index contributed by atoms with van der Waals surface area (Å²) >= 11 is 0. The van der Waals surface area contributed by atoms with Gasteiger partial charge in [0.2, 0.25) is 0 Å². The SMILES string of the molecule is C#CCCCOc1cnn(CC(=O)OC)c1. The van der Waals surface area contributed by atoms with Crippen molar-refractivity contribution in [1.82, 2.24) is 9.78 Å². The van der Waals surface area contributed by atoms with Gasteiger partial charge in [0, 0.05) is 6.42 Å². The van der Waals surface area contributed by atoms with E-state index in [9.17, 15) is 4.79 Å². The zero-order valence-electron chi connectivity index (χ0n) is 9.18. The van der Waals surface area contributed by atoms with Crippen LogP contribution in [-0.2, 0) is 16.1 Å². The number of terminal acetylenes is 1. The molecule has 0 saturated heterocycles. The molecule has 0 radical (unpaired) electrons. The summed E-state index contributed by atoms with van der Waals surface area (Å²) in [4.78, 5) is 10.9. The lowest BCUT2D eigenvalue weighted by Crippen LogP contribution is -2.11. The van der Waals surface area contributed by atoms with Gasteiger partial charge in [0.15, 0.2) is 5.75 Å². The topological polar surface area (TPSA) is 53.4 Å². The van der Waals surface area contributed by atoms with E-state index >= 15 is 0 Å². The highest BCUT2D eigenvalue weighted by Gasteiger charge is 2.04. The van der Waals surface area contributed by atoms with Gasteiger partial charge in [-0.3, -0.25) is 9.48 Å². The highest BCUT2D eigenvalue weighted by atomic mass is 16.5. The van der Waals surface area contributed by atoms with Crippen molar-refractivity contribution < 1.29 is 14.3 Å². The molecule has 16 heavy (non-hydrogen) atoms. The van der Waals surface area contributed by atoms with Gasteiger partial charge in [-0.25, -0.2) is 0 Å². The van der Waals surface area contributed by atoms with Crippen molar-refractivity contribution in [2.45, 2.75) is 19.4 Å². The molecule has 1 rings (SSSR count). The predicted molar refractivity (Wildman–Crippen MR) is 57.8 cm³/mol. The fourth-order valence-electron chi connectivity index (χ4n) is 1.07. The number of unbranched alkanes of at least 4 members (excludes halogenated alkanes) is 1. The smallest absolute Gasteiger partial charge is 0.327 e. The standard InChI is InChI=1S/C11H14N2O3/c1-3-4-5-6-16-10-7-12-13(8-10)9-11(14)15-2/h1,7-8H,4-6,9H2,2H3. The quantitative estimate of drug-likeness (QED) is 0.407. The fraction of sp³-hybridized carbons (Fsp3) is 0.455. The number of hydrogen-bond acceptors (Lipinski definition) is 4. The van der Waals surface area contributed by atoms with Crippen LogP contribution in [0, 0.1) is 12.3 Å². The molecule has 1 aromatic heterocycles. The van der Waals surface area contributed by atoms with Gasteiger partial charge in [-0.1, -0.05) is 0 Å². The van der Waals surface area contributed by atoms with Crippen LogP contribution in [0.3, 0.4) is 0 Å². The molecule has 0 aliphatic rings. The van der Waals surface area contributed by atoms with Crippen LogP contribution in [-0.4, -0.2) is 29.5 Å². The second-order valence-electron chi connectivity index (χ2n) is 3.11. The van der Waals surface area contributed by atoms with Crippen molar-refractivity contribution in [3.8, 4) is 18.1 Å². The molecule has 5 heteroatoms. The first-order valence-corrected chi connectivity index (χ1v) is 4.92. The summed E-state index contributed by atoms with van der Waals surface area (Å²) in [5, 5.41) is 3.95. The van der Waals surface area contributed by atoms with Gasteiger partial charge in [0.1, 0.15) is 6.54 Å². The van der Waals surface area contributed by atoms with Gasteiger partial charge in [-0.05, 0) is 6.42 Å². The van der Waals surface area contributed by atoms with Crippen molar-refractivity contribution in [3.05, 3.63) is 12.4 Å². The number of ether oxygens (including phenoxy) is 2. The van der Waals surface area contributed by atoms with Crippen LogP contribution in [0.5, 0.6) is 5.75 Å². The first kappa shape index (κ1) is 12.1. The van der Waals surface area contributed by atoms with Crippen LogP contribution in [0.2, 0.25) is 0 Å². The summed E-state index contributed by atoms with van der Waals surface area (Å²) in [7, 11) is 1.34. The third-order valence-electron chi connectivity index (χ3n) is 1.86. The molecule has 86 valence electrons. The Kier molecular flexibility index (Phi) is 4.93. The molecule has 0 aromatic carbocycles. The molecule has 0 unspecified atom stereocenters. The lowest BCUT2D eigenvalue weighted by Gasteiger charge is -2.00. The largest absolute Gasteiger partial charge is 0.490 e. The molecule has 0 N–H and O–H groups in total. The number of methoxy groups -OCH3 is 1. The maximum absolute atomic E-state index is 10.9. The van der Waals surface area contributed by atoms with Crippen molar-refractivity contribution >= 4 is 5.97 Å². The maximum Gasteiger partial charge on any atom is 0.327 e. The van der Waals surface area contributed by atoms with Crippen molar-refractivity contribution in [2.24, 2.45) is 0 Å². The lowest BCUT2D eigenvalue weighted by atomic mass is 10.3. The molecule has 1 heterocycles. The van der Waals surface area contributed by atoms with Gasteiger partial charge in [-0.2, -0.15) is 5.10 Å². The molecule has 0 aliphatic heterocycles. The summed E-state index contributed by atoms with van der Waals surface area (Å²) in [6.07, 6.45) is 9.80. The van der Waals surface area contributed by atoms with Crippen LogP contribution in [0.25, 0.3) is 0 Å². The molecule has 5 nitrogen and oxygen atoms in total. The Morgan fingerprint density at radius 2 is 2.50 bits per heavy atom. The molecule has 0 amide bonds. The second kappa shape index (κ2) is 6.51. The third kappa shape index (κ3) is 4.05.